The van der Waals surface area contributed by atoms with Gasteiger partial charge in [0, 0.05) is 6.07 Å². The number of esters is 1. The summed E-state index contributed by atoms with van der Waals surface area (Å²) in [5.74, 6) is -0.0507. The first-order valence-electron chi connectivity index (χ1n) is 6.73. The highest BCUT2D eigenvalue weighted by Crippen LogP contribution is 2.22. The molecular formula is C16H17NO5S. The number of hydrogen-bond donors (Lipinski definition) is 1. The van der Waals surface area contributed by atoms with Crippen molar-refractivity contribution >= 4 is 21.7 Å². The molecule has 0 heterocycles. The van der Waals surface area contributed by atoms with E-state index in [-0.39, 0.29) is 10.5 Å². The molecule has 0 saturated heterocycles. The van der Waals surface area contributed by atoms with E-state index in [1.807, 2.05) is 0 Å². The Morgan fingerprint density at radius 1 is 1.09 bits per heavy atom. The molecule has 2 rings (SSSR count). The quantitative estimate of drug-likeness (QED) is 0.849. The van der Waals surface area contributed by atoms with Gasteiger partial charge in [-0.2, -0.15) is 0 Å². The van der Waals surface area contributed by atoms with Crippen molar-refractivity contribution in [1.29, 1.82) is 0 Å². The van der Waals surface area contributed by atoms with Crippen molar-refractivity contribution in [1.82, 2.24) is 0 Å². The molecule has 0 spiro atoms. The highest BCUT2D eigenvalue weighted by Gasteiger charge is 2.18. The van der Waals surface area contributed by atoms with Gasteiger partial charge in [-0.3, -0.25) is 4.72 Å². The Morgan fingerprint density at radius 3 is 2.48 bits per heavy atom. The molecule has 0 aromatic heterocycles. The van der Waals surface area contributed by atoms with E-state index >= 15 is 0 Å². The Bertz CT molecular complexity index is 830. The Balaban J connectivity index is 2.37. The third kappa shape index (κ3) is 3.81. The highest BCUT2D eigenvalue weighted by atomic mass is 32.2. The molecule has 6 nitrogen and oxygen atoms in total. The van der Waals surface area contributed by atoms with Crippen molar-refractivity contribution in [2.24, 2.45) is 0 Å². The zero-order valence-corrected chi connectivity index (χ0v) is 13.8. The molecular weight excluding hydrogens is 318 g/mol. The Labute approximate surface area is 135 Å². The fraction of sp³-hybridized carbons (Fsp3) is 0.188. The van der Waals surface area contributed by atoms with Gasteiger partial charge in [-0.15, -0.1) is 0 Å². The third-order valence-corrected chi connectivity index (χ3v) is 4.63. The van der Waals surface area contributed by atoms with Gasteiger partial charge in [0.1, 0.15) is 5.75 Å². The average Bonchev–Trinajstić information content (AvgIpc) is 2.54. The molecule has 0 fully saturated rings. The molecule has 0 aliphatic carbocycles. The van der Waals surface area contributed by atoms with Gasteiger partial charge in [0.05, 0.1) is 30.4 Å². The van der Waals surface area contributed by atoms with Gasteiger partial charge >= 0.3 is 5.97 Å². The fourth-order valence-electron chi connectivity index (χ4n) is 2.00. The third-order valence-electron chi connectivity index (χ3n) is 3.25. The maximum Gasteiger partial charge on any atom is 0.338 e. The van der Waals surface area contributed by atoms with Crippen LogP contribution in [0, 0.1) is 6.92 Å². The van der Waals surface area contributed by atoms with E-state index in [4.69, 9.17) is 4.74 Å². The molecule has 0 bridgehead atoms. The number of hydrogen-bond acceptors (Lipinski definition) is 5. The van der Waals surface area contributed by atoms with Crippen LogP contribution in [0.15, 0.2) is 47.4 Å². The minimum Gasteiger partial charge on any atom is -0.497 e. The first-order valence-corrected chi connectivity index (χ1v) is 8.21. The number of nitrogens with one attached hydrogen (secondary N) is 1. The first kappa shape index (κ1) is 16.8. The van der Waals surface area contributed by atoms with Crippen LogP contribution in [-0.4, -0.2) is 28.6 Å². The van der Waals surface area contributed by atoms with Crippen molar-refractivity contribution in [3.63, 3.8) is 0 Å². The summed E-state index contributed by atoms with van der Waals surface area (Å²) in [5, 5.41) is 0. The highest BCUT2D eigenvalue weighted by molar-refractivity contribution is 7.92. The molecule has 0 radical (unpaired) electrons. The number of sulfonamides is 1. The molecule has 0 amide bonds. The van der Waals surface area contributed by atoms with Crippen molar-refractivity contribution in [3.8, 4) is 5.75 Å². The van der Waals surface area contributed by atoms with E-state index in [1.165, 1.54) is 26.4 Å². The van der Waals surface area contributed by atoms with Crippen LogP contribution in [0.1, 0.15) is 15.9 Å². The molecule has 0 aliphatic heterocycles. The number of rotatable bonds is 5. The lowest BCUT2D eigenvalue weighted by atomic mass is 10.1. The lowest BCUT2D eigenvalue weighted by Crippen LogP contribution is -2.14. The molecule has 23 heavy (non-hydrogen) atoms. The molecule has 0 aliphatic rings. The Hall–Kier alpha value is -2.54. The van der Waals surface area contributed by atoms with Gasteiger partial charge < -0.3 is 9.47 Å². The lowest BCUT2D eigenvalue weighted by Gasteiger charge is -2.11. The van der Waals surface area contributed by atoms with E-state index in [1.54, 1.807) is 37.3 Å². The van der Waals surface area contributed by atoms with Gasteiger partial charge in [-0.1, -0.05) is 12.1 Å². The van der Waals surface area contributed by atoms with Crippen LogP contribution in [0.5, 0.6) is 5.75 Å². The molecule has 2 aromatic rings. The zero-order chi connectivity index (χ0) is 17.0. The summed E-state index contributed by atoms with van der Waals surface area (Å²) in [7, 11) is -1.09. The maximum absolute atomic E-state index is 12.5. The summed E-state index contributed by atoms with van der Waals surface area (Å²) in [4.78, 5) is 11.7. The molecule has 2 aromatic carbocycles. The maximum atomic E-state index is 12.5. The molecule has 122 valence electrons. The van der Waals surface area contributed by atoms with Gasteiger partial charge in [-0.25, -0.2) is 13.2 Å². The van der Waals surface area contributed by atoms with Gasteiger partial charge in [0.25, 0.3) is 10.0 Å². The number of aryl methyl sites for hydroxylation is 1. The number of carbonyl (C=O) groups is 1. The molecule has 0 unspecified atom stereocenters. The van der Waals surface area contributed by atoms with Crippen molar-refractivity contribution < 1.29 is 22.7 Å². The van der Waals surface area contributed by atoms with Crippen LogP contribution in [0.4, 0.5) is 5.69 Å². The van der Waals surface area contributed by atoms with E-state index in [9.17, 15) is 13.2 Å². The van der Waals surface area contributed by atoms with Crippen LogP contribution < -0.4 is 9.46 Å². The molecule has 7 heteroatoms. The van der Waals surface area contributed by atoms with Crippen molar-refractivity contribution in [2.45, 2.75) is 11.8 Å². The standard InChI is InChI=1S/C16H17NO5S/c1-11-7-8-14(10-15(11)16(18)22-3)23(19,20)17-12-5-4-6-13(9-12)21-2/h4-10,17H,1-3H3. The summed E-state index contributed by atoms with van der Waals surface area (Å²) in [5.41, 5.74) is 1.21. The molecule has 0 saturated carbocycles. The van der Waals surface area contributed by atoms with E-state index < -0.39 is 16.0 Å². The summed E-state index contributed by atoms with van der Waals surface area (Å²) in [6.07, 6.45) is 0. The second-order valence-electron chi connectivity index (χ2n) is 4.81. The average molecular weight is 335 g/mol. The summed E-state index contributed by atoms with van der Waals surface area (Å²) in [6.45, 7) is 1.71. The number of methoxy groups -OCH3 is 2. The predicted octanol–water partition coefficient (Wildman–Crippen LogP) is 2.59. The molecule has 0 atom stereocenters. The topological polar surface area (TPSA) is 81.7 Å². The number of benzene rings is 2. The SMILES string of the molecule is COC(=O)c1cc(S(=O)(=O)Nc2cccc(OC)c2)ccc1C. The predicted molar refractivity (Wildman–Crippen MR) is 86.3 cm³/mol. The van der Waals surface area contributed by atoms with E-state index in [0.717, 1.165) is 0 Å². The van der Waals surface area contributed by atoms with Gasteiger partial charge in [0.15, 0.2) is 0 Å². The van der Waals surface area contributed by atoms with E-state index in [2.05, 4.69) is 9.46 Å². The first-order chi connectivity index (χ1) is 10.9. The minimum atomic E-state index is -3.83. The Morgan fingerprint density at radius 2 is 1.83 bits per heavy atom. The van der Waals surface area contributed by atoms with Crippen LogP contribution >= 0.6 is 0 Å². The number of anilines is 1. The smallest absolute Gasteiger partial charge is 0.338 e. The summed E-state index contributed by atoms with van der Waals surface area (Å²) >= 11 is 0. The van der Waals surface area contributed by atoms with Crippen LogP contribution in [0.3, 0.4) is 0 Å². The van der Waals surface area contributed by atoms with Crippen LogP contribution in [0.25, 0.3) is 0 Å². The lowest BCUT2D eigenvalue weighted by molar-refractivity contribution is 0.0599. The van der Waals surface area contributed by atoms with Crippen LogP contribution in [-0.2, 0) is 14.8 Å². The monoisotopic (exact) mass is 335 g/mol. The number of ether oxygens (including phenoxy) is 2. The minimum absolute atomic E-state index is 0.0219. The largest absolute Gasteiger partial charge is 0.497 e. The summed E-state index contributed by atoms with van der Waals surface area (Å²) in [6, 6.07) is 10.8. The van der Waals surface area contributed by atoms with Gasteiger partial charge in [0.2, 0.25) is 0 Å². The zero-order valence-electron chi connectivity index (χ0n) is 13.0. The van der Waals surface area contributed by atoms with Crippen molar-refractivity contribution in [3.05, 3.63) is 53.6 Å². The Kier molecular flexibility index (Phi) is 4.90. The summed E-state index contributed by atoms with van der Waals surface area (Å²) < 4.78 is 37.1. The van der Waals surface area contributed by atoms with Crippen LogP contribution in [0.2, 0.25) is 0 Å². The normalized spacial score (nSPS) is 10.9. The van der Waals surface area contributed by atoms with E-state index in [0.29, 0.717) is 17.0 Å². The molecule has 1 N–H and O–H groups in total. The van der Waals surface area contributed by atoms with Crippen molar-refractivity contribution in [2.75, 3.05) is 18.9 Å². The fourth-order valence-corrected chi connectivity index (χ4v) is 3.07. The van der Waals surface area contributed by atoms with Gasteiger partial charge in [-0.05, 0) is 36.8 Å². The number of carbonyl (C=O) groups excluding carboxylic acids is 1. The second kappa shape index (κ2) is 6.70. The second-order valence-corrected chi connectivity index (χ2v) is 6.49.